The van der Waals surface area contributed by atoms with Crippen molar-refractivity contribution in [2.75, 3.05) is 6.16 Å². The Bertz CT molecular complexity index is 419. The lowest BCUT2D eigenvalue weighted by Gasteiger charge is -2.34. The van der Waals surface area contributed by atoms with Crippen LogP contribution < -0.4 is 5.32 Å². The van der Waals surface area contributed by atoms with Gasteiger partial charge in [0.05, 0.1) is 18.7 Å². The average molecular weight is 357 g/mol. The maximum atomic E-state index is 12.1. The predicted octanol–water partition coefficient (Wildman–Crippen LogP) is 3.69. The van der Waals surface area contributed by atoms with E-state index in [2.05, 4.69) is 57.6 Å². The van der Waals surface area contributed by atoms with E-state index in [1.54, 1.807) is 13.8 Å². The van der Waals surface area contributed by atoms with Gasteiger partial charge in [0.1, 0.15) is 5.60 Å². The molecule has 0 aliphatic heterocycles. The molecule has 0 heterocycles. The predicted molar refractivity (Wildman–Crippen MR) is 102 cm³/mol. The molecular formula is C18H36N3O2P. The minimum absolute atomic E-state index is 0.213. The first kappa shape index (κ1) is 23.3. The lowest BCUT2D eigenvalue weighted by atomic mass is 10.1. The van der Waals surface area contributed by atoms with Crippen molar-refractivity contribution in [1.82, 2.24) is 9.99 Å². The summed E-state index contributed by atoms with van der Waals surface area (Å²) >= 11 is 0. The van der Waals surface area contributed by atoms with Gasteiger partial charge in [-0.05, 0) is 56.7 Å². The molecule has 3 unspecified atom stereocenters. The Kier molecular flexibility index (Phi) is 10.7. The third-order valence-corrected chi connectivity index (χ3v) is 5.41. The Balaban J connectivity index is 4.53. The van der Waals surface area contributed by atoms with Crippen molar-refractivity contribution in [3.8, 4) is 6.07 Å². The Hall–Kier alpha value is -0.690. The van der Waals surface area contributed by atoms with Crippen molar-refractivity contribution in [1.29, 1.82) is 5.26 Å². The molecular weight excluding hydrogens is 321 g/mol. The first-order valence-corrected chi connectivity index (χ1v) is 10.0. The van der Waals surface area contributed by atoms with E-state index >= 15 is 0 Å². The van der Waals surface area contributed by atoms with Crippen LogP contribution in [0.3, 0.4) is 0 Å². The first-order chi connectivity index (χ1) is 11.0. The fraction of sp³-hybridized carbons (Fsp3) is 0.889. The van der Waals surface area contributed by atoms with E-state index in [0.29, 0.717) is 39.1 Å². The molecule has 0 saturated heterocycles. The highest BCUT2D eigenvalue weighted by Gasteiger charge is 2.25. The van der Waals surface area contributed by atoms with Gasteiger partial charge < -0.3 is 10.1 Å². The molecule has 0 aromatic carbocycles. The van der Waals surface area contributed by atoms with Crippen LogP contribution in [0.5, 0.6) is 0 Å². The molecule has 0 radical (unpaired) electrons. The molecule has 0 aliphatic rings. The van der Waals surface area contributed by atoms with Gasteiger partial charge in [0.25, 0.3) is 0 Å². The van der Waals surface area contributed by atoms with Crippen LogP contribution in [0.1, 0.15) is 68.2 Å². The molecule has 3 atom stereocenters. The number of ether oxygens (including phenoxy) is 1. The van der Waals surface area contributed by atoms with Crippen LogP contribution in [0.25, 0.3) is 0 Å². The number of rotatable bonds is 11. The summed E-state index contributed by atoms with van der Waals surface area (Å²) in [5.74, 6) is -0.222. The molecule has 1 N–H and O–H groups in total. The normalized spacial score (nSPS) is 15.2. The standard InChI is InChI=1S/C18H36N3O2P/c1-13(2)20-15(5)11-16(6)21(14(3)4)24-12-17(22)23-18(7,8)9-10-19/h13-16,20,24H,9,11-12H2,1-8H3. The quantitative estimate of drug-likeness (QED) is 0.451. The lowest BCUT2D eigenvalue weighted by Crippen LogP contribution is -2.40. The SMILES string of the molecule is CC(C)NC(C)CC(C)N(PCC(=O)OC(C)(C)CC#N)C(C)C. The molecule has 0 spiro atoms. The van der Waals surface area contributed by atoms with Gasteiger partial charge in [-0.3, -0.25) is 9.46 Å². The van der Waals surface area contributed by atoms with Gasteiger partial charge in [-0.1, -0.05) is 13.8 Å². The van der Waals surface area contributed by atoms with Crippen LogP contribution >= 0.6 is 8.73 Å². The van der Waals surface area contributed by atoms with Crippen molar-refractivity contribution in [2.24, 2.45) is 0 Å². The first-order valence-electron chi connectivity index (χ1n) is 8.85. The summed E-state index contributed by atoms with van der Waals surface area (Å²) in [7, 11) is 0.396. The van der Waals surface area contributed by atoms with Crippen LogP contribution in [-0.4, -0.2) is 46.6 Å². The highest BCUT2D eigenvalue weighted by atomic mass is 31.1. The fourth-order valence-electron chi connectivity index (χ4n) is 2.84. The molecule has 0 fully saturated rings. The minimum Gasteiger partial charge on any atom is -0.458 e. The molecule has 0 rings (SSSR count). The number of nitriles is 1. The molecule has 6 heteroatoms. The molecule has 140 valence electrons. The second-order valence-corrected chi connectivity index (χ2v) is 8.90. The van der Waals surface area contributed by atoms with E-state index in [1.165, 1.54) is 0 Å². The van der Waals surface area contributed by atoms with E-state index in [4.69, 9.17) is 10.00 Å². The molecule has 5 nitrogen and oxygen atoms in total. The summed E-state index contributed by atoms with van der Waals surface area (Å²) in [4.78, 5) is 12.1. The Labute approximate surface area is 150 Å². The van der Waals surface area contributed by atoms with Crippen molar-refractivity contribution in [3.05, 3.63) is 0 Å². The fourth-order valence-corrected chi connectivity index (χ4v) is 4.00. The second-order valence-electron chi connectivity index (χ2n) is 7.71. The summed E-state index contributed by atoms with van der Waals surface area (Å²) in [5, 5.41) is 12.3. The summed E-state index contributed by atoms with van der Waals surface area (Å²) < 4.78 is 7.80. The number of carbonyl (C=O) groups is 1. The maximum Gasteiger partial charge on any atom is 0.311 e. The van der Waals surface area contributed by atoms with Crippen LogP contribution in [0, 0.1) is 11.3 Å². The zero-order chi connectivity index (χ0) is 18.9. The number of hydrogen-bond acceptors (Lipinski definition) is 5. The second kappa shape index (κ2) is 11.0. The van der Waals surface area contributed by atoms with Crippen molar-refractivity contribution < 1.29 is 9.53 Å². The third-order valence-electron chi connectivity index (χ3n) is 3.64. The van der Waals surface area contributed by atoms with Gasteiger partial charge >= 0.3 is 5.97 Å². The van der Waals surface area contributed by atoms with Gasteiger partial charge in [0, 0.05) is 24.2 Å². The van der Waals surface area contributed by atoms with E-state index in [1.807, 2.05) is 0 Å². The smallest absolute Gasteiger partial charge is 0.311 e. The third kappa shape index (κ3) is 10.2. The minimum atomic E-state index is -0.708. The number of nitrogens with one attached hydrogen (secondary N) is 1. The van der Waals surface area contributed by atoms with Gasteiger partial charge in [0.15, 0.2) is 0 Å². The largest absolute Gasteiger partial charge is 0.458 e. The maximum absolute atomic E-state index is 12.1. The molecule has 0 saturated carbocycles. The van der Waals surface area contributed by atoms with Gasteiger partial charge in [-0.2, -0.15) is 5.26 Å². The zero-order valence-corrected chi connectivity index (χ0v) is 17.6. The van der Waals surface area contributed by atoms with E-state index < -0.39 is 5.60 Å². The summed E-state index contributed by atoms with van der Waals surface area (Å²) in [6, 6.07) is 3.74. The van der Waals surface area contributed by atoms with E-state index in [0.717, 1.165) is 6.42 Å². The lowest BCUT2D eigenvalue weighted by molar-refractivity contribution is -0.152. The van der Waals surface area contributed by atoms with Gasteiger partial charge in [-0.25, -0.2) is 0 Å². The molecule has 0 amide bonds. The molecule has 0 aliphatic carbocycles. The van der Waals surface area contributed by atoms with Gasteiger partial charge in [-0.15, -0.1) is 0 Å². The van der Waals surface area contributed by atoms with E-state index in [9.17, 15) is 4.79 Å². The summed E-state index contributed by atoms with van der Waals surface area (Å²) in [6.45, 7) is 16.6. The molecule has 0 aromatic heterocycles. The monoisotopic (exact) mass is 357 g/mol. The van der Waals surface area contributed by atoms with Crippen LogP contribution in [0.15, 0.2) is 0 Å². The van der Waals surface area contributed by atoms with Crippen LogP contribution in [0.2, 0.25) is 0 Å². The van der Waals surface area contributed by atoms with Crippen molar-refractivity contribution in [3.63, 3.8) is 0 Å². The molecule has 0 aromatic rings. The Morgan fingerprint density at radius 1 is 1.25 bits per heavy atom. The zero-order valence-electron chi connectivity index (χ0n) is 16.6. The number of hydrogen-bond donors (Lipinski definition) is 1. The molecule has 0 bridgehead atoms. The number of carbonyl (C=O) groups excluding carboxylic acids is 1. The van der Waals surface area contributed by atoms with Gasteiger partial charge in [0.2, 0.25) is 0 Å². The Morgan fingerprint density at radius 3 is 2.29 bits per heavy atom. The highest BCUT2D eigenvalue weighted by Crippen LogP contribution is 2.28. The van der Waals surface area contributed by atoms with Crippen molar-refractivity contribution in [2.45, 2.75) is 98.0 Å². The van der Waals surface area contributed by atoms with Crippen molar-refractivity contribution >= 4 is 14.7 Å². The topological polar surface area (TPSA) is 65.4 Å². The summed E-state index contributed by atoms with van der Waals surface area (Å²) in [6.07, 6.45) is 1.63. The number of nitrogens with zero attached hydrogens (tertiary/aromatic N) is 2. The Morgan fingerprint density at radius 2 is 1.83 bits per heavy atom. The van der Waals surface area contributed by atoms with Crippen LogP contribution in [0.4, 0.5) is 0 Å². The molecule has 24 heavy (non-hydrogen) atoms. The van der Waals surface area contributed by atoms with Crippen LogP contribution in [-0.2, 0) is 9.53 Å². The summed E-state index contributed by atoms with van der Waals surface area (Å²) in [5.41, 5.74) is -0.708. The highest BCUT2D eigenvalue weighted by molar-refractivity contribution is 7.36. The average Bonchev–Trinajstić information content (AvgIpc) is 2.35. The number of esters is 1. The van der Waals surface area contributed by atoms with E-state index in [-0.39, 0.29) is 12.4 Å².